The van der Waals surface area contributed by atoms with Crippen LogP contribution in [-0.4, -0.2) is 121 Å². The maximum absolute atomic E-state index is 12.8. The van der Waals surface area contributed by atoms with Crippen LogP contribution in [-0.2, 0) is 32.7 Å². The first-order valence-corrected chi connectivity index (χ1v) is 23.5. The Morgan fingerprint density at radius 2 is 1.16 bits per heavy atom. The van der Waals surface area contributed by atoms with Gasteiger partial charge in [-0.15, -0.1) is 0 Å². The number of carbonyl (C=O) groups excluding carboxylic acids is 2. The van der Waals surface area contributed by atoms with Gasteiger partial charge in [-0.2, -0.15) is 0 Å². The van der Waals surface area contributed by atoms with Crippen molar-refractivity contribution in [3.05, 3.63) is 72.9 Å². The summed E-state index contributed by atoms with van der Waals surface area (Å²) in [7, 11) is -5.19. The lowest BCUT2D eigenvalue weighted by Crippen LogP contribution is -2.64. The van der Waals surface area contributed by atoms with Gasteiger partial charge in [0.15, 0.2) is 6.10 Å². The number of aliphatic hydroxyl groups is 7. The molecule has 10 atom stereocenters. The third-order valence-electron chi connectivity index (χ3n) is 9.69. The molecular formula is C45H75O15P. The molecule has 1 fully saturated rings. The lowest BCUT2D eigenvalue weighted by Gasteiger charge is -2.41. The number of aliphatic hydroxyl groups excluding tert-OH is 7. The van der Waals surface area contributed by atoms with E-state index in [-0.39, 0.29) is 25.7 Å². The third kappa shape index (κ3) is 27.8. The Labute approximate surface area is 362 Å². The van der Waals surface area contributed by atoms with E-state index in [1.807, 2.05) is 6.08 Å². The molecule has 0 saturated heterocycles. The van der Waals surface area contributed by atoms with Crippen molar-refractivity contribution in [1.29, 1.82) is 0 Å². The van der Waals surface area contributed by atoms with Crippen molar-refractivity contribution in [3.8, 4) is 0 Å². The highest BCUT2D eigenvalue weighted by Crippen LogP contribution is 2.47. The van der Waals surface area contributed by atoms with E-state index in [9.17, 15) is 54.8 Å². The molecule has 0 aliphatic heterocycles. The van der Waals surface area contributed by atoms with Crippen molar-refractivity contribution in [2.75, 3.05) is 13.2 Å². The minimum absolute atomic E-state index is 0.0940. The van der Waals surface area contributed by atoms with Gasteiger partial charge in [0, 0.05) is 12.8 Å². The van der Waals surface area contributed by atoms with E-state index in [2.05, 4.69) is 44.2 Å². The Balaban J connectivity index is 2.63. The Bertz CT molecular complexity index is 1380. The van der Waals surface area contributed by atoms with Gasteiger partial charge < -0.3 is 50.1 Å². The minimum Gasteiger partial charge on any atom is -0.462 e. The number of rotatable bonds is 34. The molecule has 0 radical (unpaired) electrons. The van der Waals surface area contributed by atoms with Crippen LogP contribution in [0.1, 0.15) is 129 Å². The lowest BCUT2D eigenvalue weighted by atomic mass is 9.85. The minimum atomic E-state index is -5.19. The van der Waals surface area contributed by atoms with E-state index in [0.29, 0.717) is 12.8 Å². The third-order valence-corrected chi connectivity index (χ3v) is 10.7. The summed E-state index contributed by atoms with van der Waals surface area (Å²) in [6.45, 7) is 2.93. The number of allylic oxidation sites excluding steroid dienone is 9. The van der Waals surface area contributed by atoms with Gasteiger partial charge >= 0.3 is 19.8 Å². The van der Waals surface area contributed by atoms with Gasteiger partial charge in [0.2, 0.25) is 0 Å². The van der Waals surface area contributed by atoms with Gasteiger partial charge in [-0.1, -0.05) is 125 Å². The molecule has 0 bridgehead atoms. The molecule has 1 aliphatic rings. The summed E-state index contributed by atoms with van der Waals surface area (Å²) >= 11 is 0. The fraction of sp³-hybridized carbons (Fsp3) is 0.689. The van der Waals surface area contributed by atoms with Crippen LogP contribution in [0.2, 0.25) is 0 Å². The van der Waals surface area contributed by atoms with Crippen LogP contribution in [0.4, 0.5) is 0 Å². The SMILES string of the molecule is CCC/C=C\C/C=C\CCCCCCCC(=O)OC[C@H](COP(=O)(O)OC1[C@H](O)[C@H](O)C(O)[C@H](O)[C@H]1O)OC(=O)CCC[C@@H](O)\C=C/C=C/C=C/[C@@H](O)C/C=C\CCCCC. The molecule has 61 heavy (non-hydrogen) atoms. The molecule has 1 aliphatic carbocycles. The number of unbranched alkanes of at least 4 members (excludes halogenated alkanes) is 9. The molecule has 8 N–H and O–H groups in total. The van der Waals surface area contributed by atoms with Crippen molar-refractivity contribution >= 4 is 19.8 Å². The fourth-order valence-electron chi connectivity index (χ4n) is 6.05. The average molecular weight is 887 g/mol. The first-order valence-electron chi connectivity index (χ1n) is 22.0. The fourth-order valence-corrected chi connectivity index (χ4v) is 7.02. The van der Waals surface area contributed by atoms with Crippen LogP contribution in [0.5, 0.6) is 0 Å². The first-order chi connectivity index (χ1) is 29.2. The van der Waals surface area contributed by atoms with Gasteiger partial charge in [-0.05, 0) is 64.2 Å². The van der Waals surface area contributed by atoms with Crippen molar-refractivity contribution in [3.63, 3.8) is 0 Å². The number of phosphoric acid groups is 1. The smallest absolute Gasteiger partial charge is 0.462 e. The Morgan fingerprint density at radius 3 is 1.82 bits per heavy atom. The lowest BCUT2D eigenvalue weighted by molar-refractivity contribution is -0.220. The van der Waals surface area contributed by atoms with E-state index in [0.717, 1.165) is 64.2 Å². The van der Waals surface area contributed by atoms with Crippen molar-refractivity contribution in [2.24, 2.45) is 0 Å². The summed E-state index contributed by atoms with van der Waals surface area (Å²) in [4.78, 5) is 35.6. The topological polar surface area (TPSA) is 250 Å². The normalized spacial score (nSPS) is 23.8. The summed E-state index contributed by atoms with van der Waals surface area (Å²) in [5, 5.41) is 70.4. The van der Waals surface area contributed by atoms with E-state index in [4.69, 9.17) is 18.5 Å². The summed E-state index contributed by atoms with van der Waals surface area (Å²) in [6.07, 6.45) is 21.5. The van der Waals surface area contributed by atoms with Gasteiger partial charge in [0.05, 0.1) is 18.8 Å². The van der Waals surface area contributed by atoms with E-state index < -0.39 is 87.9 Å². The van der Waals surface area contributed by atoms with Crippen LogP contribution in [0, 0.1) is 0 Å². The molecular weight excluding hydrogens is 811 g/mol. The predicted molar refractivity (Wildman–Crippen MR) is 233 cm³/mol. The van der Waals surface area contributed by atoms with Gasteiger partial charge in [0.1, 0.15) is 43.2 Å². The highest BCUT2D eigenvalue weighted by molar-refractivity contribution is 7.47. The molecule has 16 heteroatoms. The maximum Gasteiger partial charge on any atom is 0.472 e. The first kappa shape index (κ1) is 56.2. The number of hydrogen-bond donors (Lipinski definition) is 8. The number of phosphoric ester groups is 1. The molecule has 1 rings (SSSR count). The number of hydrogen-bond acceptors (Lipinski definition) is 14. The molecule has 3 unspecified atom stereocenters. The molecule has 15 nitrogen and oxygen atoms in total. The zero-order chi connectivity index (χ0) is 45.3. The van der Waals surface area contributed by atoms with Crippen molar-refractivity contribution in [2.45, 2.75) is 184 Å². The molecule has 1 saturated carbocycles. The van der Waals surface area contributed by atoms with Crippen molar-refractivity contribution in [1.82, 2.24) is 0 Å². The second kappa shape index (κ2) is 34.7. The highest BCUT2D eigenvalue weighted by atomic mass is 31.2. The molecule has 350 valence electrons. The number of esters is 2. The molecule has 0 aromatic carbocycles. The van der Waals surface area contributed by atoms with Crippen molar-refractivity contribution < 1.29 is 73.3 Å². The van der Waals surface area contributed by atoms with Crippen LogP contribution >= 0.6 is 7.82 Å². The van der Waals surface area contributed by atoms with E-state index in [1.54, 1.807) is 30.4 Å². The van der Waals surface area contributed by atoms with E-state index in [1.165, 1.54) is 18.9 Å². The van der Waals surface area contributed by atoms with Gasteiger partial charge in [-0.25, -0.2) is 4.57 Å². The Kier molecular flexibility index (Phi) is 32.0. The van der Waals surface area contributed by atoms with Crippen LogP contribution in [0.15, 0.2) is 72.9 Å². The summed E-state index contributed by atoms with van der Waals surface area (Å²) < 4.78 is 33.2. The Hall–Kier alpha value is -2.79. The largest absolute Gasteiger partial charge is 0.472 e. The van der Waals surface area contributed by atoms with Crippen LogP contribution in [0.3, 0.4) is 0 Å². The number of carbonyl (C=O) groups is 2. The second-order valence-corrected chi connectivity index (χ2v) is 16.6. The standard InChI is InChI=1S/C45H75O15P/c1-3-5-7-9-11-12-13-14-15-16-17-19-25-31-38(48)57-33-37(34-58-61(55,56)60-45-43(53)41(51)40(50)42(52)44(45)54)59-39(49)32-26-30-36(47)29-24-21-20-23-28-35(46)27-22-18-10-8-6-4-2/h7,9,12-13,18,20-24,28-29,35-37,40-47,50-54H,3-6,8,10-11,14-17,19,25-27,30-34H2,1-2H3,(H,55,56)/b9-7-,13-12-,21-20+,22-18-,28-23+,29-24-/t35-,36-,37+,40?,41-,42+,43+,44+,45?/m0/s1. The average Bonchev–Trinajstić information content (AvgIpc) is 3.23. The van der Waals surface area contributed by atoms with Crippen LogP contribution in [0.25, 0.3) is 0 Å². The molecule has 0 spiro atoms. The van der Waals surface area contributed by atoms with Gasteiger partial charge in [0.25, 0.3) is 0 Å². The molecule has 0 aromatic heterocycles. The summed E-state index contributed by atoms with van der Waals surface area (Å²) in [6, 6.07) is 0. The maximum atomic E-state index is 12.8. The number of ether oxygens (including phenoxy) is 2. The zero-order valence-electron chi connectivity index (χ0n) is 36.1. The summed E-state index contributed by atoms with van der Waals surface area (Å²) in [5.74, 6) is -1.37. The zero-order valence-corrected chi connectivity index (χ0v) is 37.0. The van der Waals surface area contributed by atoms with Gasteiger partial charge in [-0.3, -0.25) is 18.6 Å². The monoisotopic (exact) mass is 886 g/mol. The van der Waals surface area contributed by atoms with Crippen LogP contribution < -0.4 is 0 Å². The van der Waals surface area contributed by atoms with E-state index >= 15 is 0 Å². The second-order valence-electron chi connectivity index (χ2n) is 15.2. The summed E-state index contributed by atoms with van der Waals surface area (Å²) in [5.41, 5.74) is 0. The highest BCUT2D eigenvalue weighted by Gasteiger charge is 2.51. The quantitative estimate of drug-likeness (QED) is 0.0124. The predicted octanol–water partition coefficient (Wildman–Crippen LogP) is 5.88. The Morgan fingerprint density at radius 1 is 0.607 bits per heavy atom. The molecule has 0 aromatic rings. The molecule has 0 heterocycles. The molecule has 0 amide bonds.